The molecule has 0 radical (unpaired) electrons. The number of fused-ring (bicyclic) bond motifs is 2. The largest absolute Gasteiger partial charge is 0.461 e. The lowest BCUT2D eigenvalue weighted by atomic mass is 9.70. The molecule has 1 aliphatic heterocycles. The number of ether oxygens (including phenoxy) is 1. The minimum Gasteiger partial charge on any atom is -0.461 e. The molecule has 3 rings (SSSR count). The first kappa shape index (κ1) is 15.6. The highest BCUT2D eigenvalue weighted by Gasteiger charge is 2.63. The summed E-state index contributed by atoms with van der Waals surface area (Å²) in [6.07, 6.45) is 5.01. The van der Waals surface area contributed by atoms with Gasteiger partial charge in [-0.2, -0.15) is 0 Å². The minimum absolute atomic E-state index is 0.0257. The Morgan fingerprint density at radius 3 is 2.50 bits per heavy atom. The topological polar surface area (TPSA) is 72.6 Å². The predicted octanol–water partition coefficient (Wildman–Crippen LogP) is 2.54. The van der Waals surface area contributed by atoms with Crippen molar-refractivity contribution in [3.8, 4) is 0 Å². The van der Waals surface area contributed by atoms with Crippen LogP contribution in [0.25, 0.3) is 0 Å². The number of nitrogens with zero attached hydrogens (tertiary/aromatic N) is 1. The molecule has 2 saturated carbocycles. The first-order chi connectivity index (χ1) is 10.3. The van der Waals surface area contributed by atoms with E-state index in [1.807, 2.05) is 0 Å². The van der Waals surface area contributed by atoms with Crippen molar-refractivity contribution in [3.05, 3.63) is 0 Å². The van der Waals surface area contributed by atoms with Crippen molar-refractivity contribution in [2.75, 3.05) is 13.1 Å². The molecule has 0 unspecified atom stereocenters. The van der Waals surface area contributed by atoms with Gasteiger partial charge < -0.3 is 15.4 Å². The van der Waals surface area contributed by atoms with Gasteiger partial charge >= 0.3 is 12.0 Å². The summed E-state index contributed by atoms with van der Waals surface area (Å²) < 4.78 is 5.93. The summed E-state index contributed by atoms with van der Waals surface area (Å²) in [6.45, 7) is 7.95. The van der Waals surface area contributed by atoms with Crippen molar-refractivity contribution in [2.45, 2.75) is 59.0 Å². The molecular weight excluding hydrogens is 280 g/mol. The summed E-state index contributed by atoms with van der Waals surface area (Å²) in [6, 6.07) is -0.439. The summed E-state index contributed by atoms with van der Waals surface area (Å²) in [5.74, 6) is 0.302. The Labute approximate surface area is 132 Å². The molecule has 1 saturated heterocycles. The molecule has 0 aromatic rings. The Bertz CT molecular complexity index is 490. The molecule has 0 spiro atoms. The lowest BCUT2D eigenvalue weighted by molar-refractivity contribution is -0.163. The third-order valence-corrected chi connectivity index (χ3v) is 7.04. The van der Waals surface area contributed by atoms with Gasteiger partial charge in [-0.15, -0.1) is 0 Å². The summed E-state index contributed by atoms with van der Waals surface area (Å²) >= 11 is 0. The Morgan fingerprint density at radius 2 is 1.95 bits per heavy atom. The number of hydrogen-bond donors (Lipinski definition) is 1. The van der Waals surface area contributed by atoms with Gasteiger partial charge in [0.15, 0.2) is 0 Å². The number of rotatable bonds is 2. The zero-order valence-corrected chi connectivity index (χ0v) is 13.9. The number of hydrogen-bond acceptors (Lipinski definition) is 3. The Morgan fingerprint density at radius 1 is 1.23 bits per heavy atom. The maximum Gasteiger partial charge on any atom is 0.314 e. The monoisotopic (exact) mass is 308 g/mol. The Hall–Kier alpha value is -1.26. The van der Waals surface area contributed by atoms with E-state index < -0.39 is 6.03 Å². The van der Waals surface area contributed by atoms with Crippen LogP contribution in [-0.2, 0) is 9.53 Å². The second kappa shape index (κ2) is 5.14. The zero-order chi connectivity index (χ0) is 16.1. The SMILES string of the molecule is CC1(C)[C@H]2CC[C@]1(C)[C@H](OC(=O)[C@@H]1CCCN(C(N)=O)C1)C2. The van der Waals surface area contributed by atoms with Crippen LogP contribution < -0.4 is 5.73 Å². The number of esters is 1. The fourth-order valence-corrected chi connectivity index (χ4v) is 4.91. The third kappa shape index (κ3) is 2.20. The quantitative estimate of drug-likeness (QED) is 0.797. The summed E-state index contributed by atoms with van der Waals surface area (Å²) in [5, 5.41) is 0. The van der Waals surface area contributed by atoms with E-state index in [9.17, 15) is 9.59 Å². The molecule has 3 fully saturated rings. The maximum atomic E-state index is 12.6. The molecule has 4 atom stereocenters. The van der Waals surface area contributed by atoms with Gasteiger partial charge in [0.05, 0.1) is 5.92 Å². The number of nitrogens with two attached hydrogens (primary N) is 1. The molecule has 2 aliphatic carbocycles. The van der Waals surface area contributed by atoms with Crippen LogP contribution in [0, 0.1) is 22.7 Å². The van der Waals surface area contributed by atoms with Gasteiger partial charge in [-0.3, -0.25) is 4.79 Å². The van der Waals surface area contributed by atoms with Gasteiger partial charge in [0.25, 0.3) is 0 Å². The highest BCUT2D eigenvalue weighted by molar-refractivity contribution is 5.76. The van der Waals surface area contributed by atoms with Crippen LogP contribution in [0.3, 0.4) is 0 Å². The van der Waals surface area contributed by atoms with Crippen LogP contribution >= 0.6 is 0 Å². The smallest absolute Gasteiger partial charge is 0.314 e. The van der Waals surface area contributed by atoms with E-state index in [2.05, 4.69) is 20.8 Å². The molecule has 0 aromatic carbocycles. The average Bonchev–Trinajstić information content (AvgIpc) is 2.80. The van der Waals surface area contributed by atoms with Crippen molar-refractivity contribution in [3.63, 3.8) is 0 Å². The van der Waals surface area contributed by atoms with Crippen molar-refractivity contribution >= 4 is 12.0 Å². The molecule has 1 heterocycles. The molecule has 5 nitrogen and oxygen atoms in total. The molecule has 2 bridgehead atoms. The Balaban J connectivity index is 1.64. The first-order valence-corrected chi connectivity index (χ1v) is 8.50. The number of primary amides is 1. The van der Waals surface area contributed by atoms with E-state index in [-0.39, 0.29) is 28.8 Å². The van der Waals surface area contributed by atoms with Crippen molar-refractivity contribution < 1.29 is 14.3 Å². The highest BCUT2D eigenvalue weighted by Crippen LogP contribution is 2.66. The third-order valence-electron chi connectivity index (χ3n) is 7.04. The molecular formula is C17H28N2O3. The molecule has 5 heteroatoms. The van der Waals surface area contributed by atoms with Gasteiger partial charge in [-0.05, 0) is 43.4 Å². The maximum absolute atomic E-state index is 12.6. The average molecular weight is 308 g/mol. The number of likely N-dealkylation sites (tertiary alicyclic amines) is 1. The summed E-state index contributed by atoms with van der Waals surface area (Å²) in [4.78, 5) is 25.4. The summed E-state index contributed by atoms with van der Waals surface area (Å²) in [5.41, 5.74) is 5.66. The second-order valence-corrected chi connectivity index (χ2v) is 8.16. The molecule has 2 amide bonds. The fourth-order valence-electron chi connectivity index (χ4n) is 4.91. The molecule has 22 heavy (non-hydrogen) atoms. The lowest BCUT2D eigenvalue weighted by Gasteiger charge is -2.39. The van der Waals surface area contributed by atoms with Crippen molar-refractivity contribution in [1.82, 2.24) is 4.90 Å². The van der Waals surface area contributed by atoms with Crippen molar-refractivity contribution in [2.24, 2.45) is 28.4 Å². The van der Waals surface area contributed by atoms with E-state index in [1.54, 1.807) is 4.90 Å². The molecule has 3 aliphatic rings. The van der Waals surface area contributed by atoms with Crippen LogP contribution in [0.15, 0.2) is 0 Å². The van der Waals surface area contributed by atoms with Gasteiger partial charge in [0.1, 0.15) is 6.10 Å². The van der Waals surface area contributed by atoms with E-state index in [0.717, 1.165) is 25.7 Å². The molecule has 2 N–H and O–H groups in total. The fraction of sp³-hybridized carbons (Fsp3) is 0.882. The predicted molar refractivity (Wildman–Crippen MR) is 83.0 cm³/mol. The van der Waals surface area contributed by atoms with Gasteiger partial charge in [0.2, 0.25) is 0 Å². The summed E-state index contributed by atoms with van der Waals surface area (Å²) in [7, 11) is 0. The zero-order valence-electron chi connectivity index (χ0n) is 13.9. The number of carbonyl (C=O) groups is 2. The van der Waals surface area contributed by atoms with E-state index in [4.69, 9.17) is 10.5 Å². The van der Waals surface area contributed by atoms with Gasteiger partial charge in [-0.1, -0.05) is 20.8 Å². The van der Waals surface area contributed by atoms with Crippen LogP contribution in [0.4, 0.5) is 4.79 Å². The van der Waals surface area contributed by atoms with Crippen molar-refractivity contribution in [1.29, 1.82) is 0 Å². The standard InChI is InChI=1S/C17H28N2O3/c1-16(2)12-6-7-17(16,3)13(9-12)22-14(20)11-5-4-8-19(10-11)15(18)21/h11-13H,4-10H2,1-3H3,(H2,18,21)/t11-,12+,13-,17-/m1/s1. The van der Waals surface area contributed by atoms with Gasteiger partial charge in [0, 0.05) is 18.5 Å². The lowest BCUT2D eigenvalue weighted by Crippen LogP contribution is -2.46. The number of carbonyl (C=O) groups excluding carboxylic acids is 2. The van der Waals surface area contributed by atoms with Crippen LogP contribution in [0.5, 0.6) is 0 Å². The first-order valence-electron chi connectivity index (χ1n) is 8.50. The number of urea groups is 1. The van der Waals surface area contributed by atoms with E-state index in [0.29, 0.717) is 19.0 Å². The van der Waals surface area contributed by atoms with Crippen LogP contribution in [-0.4, -0.2) is 36.1 Å². The second-order valence-electron chi connectivity index (χ2n) is 8.16. The molecule has 124 valence electrons. The number of amides is 2. The van der Waals surface area contributed by atoms with Crippen LogP contribution in [0.1, 0.15) is 52.9 Å². The van der Waals surface area contributed by atoms with E-state index >= 15 is 0 Å². The van der Waals surface area contributed by atoms with Crippen LogP contribution in [0.2, 0.25) is 0 Å². The number of piperidine rings is 1. The van der Waals surface area contributed by atoms with Gasteiger partial charge in [-0.25, -0.2) is 4.79 Å². The normalized spacial score (nSPS) is 39.8. The Kier molecular flexibility index (Phi) is 3.65. The van der Waals surface area contributed by atoms with E-state index in [1.165, 1.54) is 6.42 Å². The minimum atomic E-state index is -0.439. The highest BCUT2D eigenvalue weighted by atomic mass is 16.5. The molecule has 0 aromatic heterocycles.